The van der Waals surface area contributed by atoms with Gasteiger partial charge in [-0.15, -0.1) is 0 Å². The number of nitrogens with one attached hydrogen (secondary N) is 1. The number of carbonyl (C=O) groups excluding carboxylic acids is 1. The average Bonchev–Trinajstić information content (AvgIpc) is 3.00. The van der Waals surface area contributed by atoms with Gasteiger partial charge < -0.3 is 9.55 Å². The summed E-state index contributed by atoms with van der Waals surface area (Å²) in [4.78, 5) is 23.2. The molecular weight excluding hydrogens is 228 g/mol. The monoisotopic (exact) mass is 240 g/mol. The lowest BCUT2D eigenvalue weighted by atomic mass is 10.2. The number of nitrogens with zero attached hydrogens (tertiary/aromatic N) is 3. The van der Waals surface area contributed by atoms with Crippen LogP contribution in [0.1, 0.15) is 16.4 Å². The Kier molecular flexibility index (Phi) is 2.44. The normalized spacial score (nSPS) is 10.9. The number of aromatic nitrogens is 4. The maximum atomic E-state index is 12.0. The van der Waals surface area contributed by atoms with Crippen molar-refractivity contribution < 1.29 is 4.79 Å². The van der Waals surface area contributed by atoms with Crippen LogP contribution in [0, 0.1) is 0 Å². The van der Waals surface area contributed by atoms with E-state index in [-0.39, 0.29) is 12.2 Å². The van der Waals surface area contributed by atoms with Crippen LogP contribution < -0.4 is 0 Å². The summed E-state index contributed by atoms with van der Waals surface area (Å²) in [5.74, 6) is 1.07. The van der Waals surface area contributed by atoms with Crippen LogP contribution in [0.15, 0.2) is 36.7 Å². The molecule has 0 fully saturated rings. The first-order valence-electron chi connectivity index (χ1n) is 5.68. The van der Waals surface area contributed by atoms with Crippen molar-refractivity contribution >= 4 is 16.8 Å². The van der Waals surface area contributed by atoms with Gasteiger partial charge in [-0.05, 0) is 12.1 Å². The molecule has 0 atom stereocenters. The molecule has 1 N–H and O–H groups in total. The van der Waals surface area contributed by atoms with Crippen molar-refractivity contribution in [1.29, 1.82) is 0 Å². The van der Waals surface area contributed by atoms with E-state index in [1.54, 1.807) is 12.4 Å². The number of rotatable bonds is 3. The number of H-pyrrole nitrogens is 1. The van der Waals surface area contributed by atoms with Crippen molar-refractivity contribution in [2.24, 2.45) is 7.05 Å². The summed E-state index contributed by atoms with van der Waals surface area (Å²) in [5, 5.41) is 0. The molecule has 2 heterocycles. The molecule has 5 heteroatoms. The number of Topliss-reactive ketones (excluding diaryl/α,β-unsaturated/α-hetero) is 1. The Labute approximate surface area is 103 Å². The Morgan fingerprint density at radius 1 is 1.39 bits per heavy atom. The van der Waals surface area contributed by atoms with Crippen LogP contribution in [-0.4, -0.2) is 25.3 Å². The third kappa shape index (κ3) is 1.69. The van der Waals surface area contributed by atoms with E-state index in [1.807, 2.05) is 35.9 Å². The van der Waals surface area contributed by atoms with E-state index in [4.69, 9.17) is 0 Å². The van der Waals surface area contributed by atoms with Crippen LogP contribution in [-0.2, 0) is 13.5 Å². The van der Waals surface area contributed by atoms with Gasteiger partial charge in [0.25, 0.3) is 0 Å². The zero-order valence-electron chi connectivity index (χ0n) is 9.92. The maximum Gasteiger partial charge on any atom is 0.205 e. The molecule has 18 heavy (non-hydrogen) atoms. The summed E-state index contributed by atoms with van der Waals surface area (Å²) in [6, 6.07) is 7.83. The molecule has 0 spiro atoms. The second kappa shape index (κ2) is 4.10. The van der Waals surface area contributed by atoms with Crippen molar-refractivity contribution in [3.63, 3.8) is 0 Å². The Bertz CT molecular complexity index is 697. The molecule has 0 amide bonds. The van der Waals surface area contributed by atoms with Crippen molar-refractivity contribution in [2.45, 2.75) is 6.42 Å². The van der Waals surface area contributed by atoms with E-state index < -0.39 is 0 Å². The highest BCUT2D eigenvalue weighted by atomic mass is 16.1. The quantitative estimate of drug-likeness (QED) is 0.709. The average molecular weight is 240 g/mol. The lowest BCUT2D eigenvalue weighted by Crippen LogP contribution is -2.09. The number of imidazole rings is 2. The SMILES string of the molecule is Cn1c(CC(=O)c2ncc[nH]2)nc2ccccc21. The summed E-state index contributed by atoms with van der Waals surface area (Å²) in [6.07, 6.45) is 3.46. The second-order valence-electron chi connectivity index (χ2n) is 4.11. The minimum atomic E-state index is -0.0570. The molecule has 1 aromatic carbocycles. The van der Waals surface area contributed by atoms with E-state index in [0.717, 1.165) is 16.9 Å². The van der Waals surface area contributed by atoms with Crippen LogP contribution in [0.4, 0.5) is 0 Å². The number of aryl methyl sites for hydroxylation is 1. The van der Waals surface area contributed by atoms with Gasteiger partial charge in [0.15, 0.2) is 5.82 Å². The van der Waals surface area contributed by atoms with Gasteiger partial charge in [0, 0.05) is 19.4 Å². The third-order valence-electron chi connectivity index (χ3n) is 2.96. The number of para-hydroxylation sites is 2. The number of carbonyl (C=O) groups is 1. The summed E-state index contributed by atoms with van der Waals surface area (Å²) in [7, 11) is 1.92. The Morgan fingerprint density at radius 3 is 2.94 bits per heavy atom. The number of benzene rings is 1. The molecule has 0 saturated heterocycles. The van der Waals surface area contributed by atoms with E-state index in [9.17, 15) is 4.79 Å². The number of fused-ring (bicyclic) bond motifs is 1. The van der Waals surface area contributed by atoms with E-state index in [1.165, 1.54) is 0 Å². The lowest BCUT2D eigenvalue weighted by Gasteiger charge is -2.00. The molecule has 5 nitrogen and oxygen atoms in total. The Balaban J connectivity index is 1.96. The number of hydrogen-bond donors (Lipinski definition) is 1. The highest BCUT2D eigenvalue weighted by Crippen LogP contribution is 2.15. The van der Waals surface area contributed by atoms with Gasteiger partial charge in [-0.3, -0.25) is 4.79 Å². The highest BCUT2D eigenvalue weighted by molar-refractivity contribution is 5.94. The molecule has 0 aliphatic heterocycles. The first-order chi connectivity index (χ1) is 8.75. The smallest absolute Gasteiger partial charge is 0.205 e. The van der Waals surface area contributed by atoms with Crippen LogP contribution in [0.25, 0.3) is 11.0 Å². The summed E-state index contributed by atoms with van der Waals surface area (Å²) < 4.78 is 1.94. The first-order valence-corrected chi connectivity index (χ1v) is 5.68. The molecule has 0 radical (unpaired) electrons. The van der Waals surface area contributed by atoms with Gasteiger partial charge >= 0.3 is 0 Å². The standard InChI is InChI=1S/C13H12N4O/c1-17-10-5-3-2-4-9(10)16-12(17)8-11(18)13-14-6-7-15-13/h2-7H,8H2,1H3,(H,14,15). The second-order valence-corrected chi connectivity index (χ2v) is 4.11. The van der Waals surface area contributed by atoms with Gasteiger partial charge in [0.1, 0.15) is 5.82 Å². The first kappa shape index (κ1) is 10.7. The van der Waals surface area contributed by atoms with Crippen LogP contribution in [0.2, 0.25) is 0 Å². The fourth-order valence-corrected chi connectivity index (χ4v) is 2.00. The van der Waals surface area contributed by atoms with Gasteiger partial charge in [-0.25, -0.2) is 9.97 Å². The predicted molar refractivity (Wildman–Crippen MR) is 67.3 cm³/mol. The molecule has 0 aliphatic carbocycles. The zero-order valence-corrected chi connectivity index (χ0v) is 9.92. The fourth-order valence-electron chi connectivity index (χ4n) is 2.00. The van der Waals surface area contributed by atoms with Crippen LogP contribution >= 0.6 is 0 Å². The minimum Gasteiger partial charge on any atom is -0.342 e. The molecule has 0 unspecified atom stereocenters. The summed E-state index contributed by atoms with van der Waals surface area (Å²) >= 11 is 0. The summed E-state index contributed by atoms with van der Waals surface area (Å²) in [6.45, 7) is 0. The Hall–Kier alpha value is -2.43. The topological polar surface area (TPSA) is 63.6 Å². The predicted octanol–water partition coefficient (Wildman–Crippen LogP) is 1.72. The molecule has 3 aromatic rings. The number of aromatic amines is 1. The molecule has 0 aliphatic rings. The van der Waals surface area contributed by atoms with Gasteiger partial charge in [0.05, 0.1) is 17.5 Å². The fraction of sp³-hybridized carbons (Fsp3) is 0.154. The molecule has 0 bridgehead atoms. The molecule has 90 valence electrons. The van der Waals surface area contributed by atoms with Crippen LogP contribution in [0.5, 0.6) is 0 Å². The van der Waals surface area contributed by atoms with Crippen molar-refractivity contribution in [3.8, 4) is 0 Å². The van der Waals surface area contributed by atoms with E-state index in [2.05, 4.69) is 15.0 Å². The van der Waals surface area contributed by atoms with Crippen molar-refractivity contribution in [2.75, 3.05) is 0 Å². The number of hydrogen-bond acceptors (Lipinski definition) is 3. The molecular formula is C13H12N4O. The molecule has 3 rings (SSSR count). The molecule has 2 aromatic heterocycles. The lowest BCUT2D eigenvalue weighted by molar-refractivity contribution is 0.0981. The van der Waals surface area contributed by atoms with Crippen molar-refractivity contribution in [1.82, 2.24) is 19.5 Å². The minimum absolute atomic E-state index is 0.0570. The summed E-state index contributed by atoms with van der Waals surface area (Å²) in [5.41, 5.74) is 1.93. The Morgan fingerprint density at radius 2 is 2.22 bits per heavy atom. The zero-order chi connectivity index (χ0) is 12.5. The third-order valence-corrected chi connectivity index (χ3v) is 2.96. The number of ketones is 1. The highest BCUT2D eigenvalue weighted by Gasteiger charge is 2.14. The molecule has 0 saturated carbocycles. The van der Waals surface area contributed by atoms with Gasteiger partial charge in [-0.2, -0.15) is 0 Å². The van der Waals surface area contributed by atoms with Gasteiger partial charge in [0.2, 0.25) is 5.78 Å². The van der Waals surface area contributed by atoms with E-state index in [0.29, 0.717) is 5.82 Å². The van der Waals surface area contributed by atoms with Crippen molar-refractivity contribution in [3.05, 3.63) is 48.3 Å². The largest absolute Gasteiger partial charge is 0.342 e. The van der Waals surface area contributed by atoms with Crippen LogP contribution in [0.3, 0.4) is 0 Å². The van der Waals surface area contributed by atoms with E-state index >= 15 is 0 Å². The van der Waals surface area contributed by atoms with Gasteiger partial charge in [-0.1, -0.05) is 12.1 Å². The maximum absolute atomic E-state index is 12.0.